The topological polar surface area (TPSA) is 27.3 Å². The summed E-state index contributed by atoms with van der Waals surface area (Å²) in [7, 11) is -0.385. The summed E-state index contributed by atoms with van der Waals surface area (Å²) in [6, 6.07) is 0. The van der Waals surface area contributed by atoms with Crippen LogP contribution in [0.15, 0.2) is 0 Å². The van der Waals surface area contributed by atoms with Gasteiger partial charge in [0, 0.05) is 26.2 Å². The van der Waals surface area contributed by atoms with Crippen LogP contribution in [-0.4, -0.2) is 40.0 Å². The van der Waals surface area contributed by atoms with Crippen LogP contribution in [0.3, 0.4) is 0 Å². The lowest BCUT2D eigenvalue weighted by atomic mass is 10.6. The van der Waals surface area contributed by atoms with Crippen LogP contribution >= 0.6 is 0 Å². The molecule has 0 spiro atoms. The van der Waals surface area contributed by atoms with Crippen molar-refractivity contribution < 1.29 is 0 Å². The number of rotatable bonds is 0. The van der Waals surface area contributed by atoms with E-state index in [1.54, 1.807) is 0 Å². The maximum Gasteiger partial charge on any atom is 0.322 e. The van der Waals surface area contributed by atoms with Crippen molar-refractivity contribution in [3.05, 3.63) is 0 Å². The molecule has 2 rings (SSSR count). The van der Waals surface area contributed by atoms with Crippen molar-refractivity contribution in [2.75, 3.05) is 26.2 Å². The van der Waals surface area contributed by atoms with Crippen molar-refractivity contribution in [3.63, 3.8) is 0 Å². The standard InChI is InChI=1S/C4H10N3Si/c1-3-7-4-2-6-8(7)5-1/h5-6H,1-4H2. The fraction of sp³-hybridized carbons (Fsp3) is 1.00. The second kappa shape index (κ2) is 1.80. The molecular formula is C4H10N3Si. The van der Waals surface area contributed by atoms with Crippen molar-refractivity contribution >= 4 is 9.28 Å². The van der Waals surface area contributed by atoms with Crippen molar-refractivity contribution in [1.82, 2.24) is 14.5 Å². The Balaban J connectivity index is 2.04. The van der Waals surface area contributed by atoms with E-state index in [2.05, 4.69) is 14.5 Å². The van der Waals surface area contributed by atoms with E-state index in [1.807, 2.05) is 0 Å². The average Bonchev–Trinajstić information content (AvgIpc) is 2.15. The summed E-state index contributed by atoms with van der Waals surface area (Å²) in [5.41, 5.74) is 0. The molecule has 1 radical (unpaired) electrons. The van der Waals surface area contributed by atoms with Crippen molar-refractivity contribution in [1.29, 1.82) is 0 Å². The van der Waals surface area contributed by atoms with Gasteiger partial charge in [0.2, 0.25) is 0 Å². The van der Waals surface area contributed by atoms with Crippen LogP contribution in [0.2, 0.25) is 0 Å². The first kappa shape index (κ1) is 4.93. The normalized spacial score (nSPS) is 31.5. The summed E-state index contributed by atoms with van der Waals surface area (Å²) in [5.74, 6) is 0. The molecule has 0 aromatic carbocycles. The van der Waals surface area contributed by atoms with Gasteiger partial charge in [-0.05, 0) is 0 Å². The molecule has 2 saturated heterocycles. The minimum atomic E-state index is -0.385. The Kier molecular flexibility index (Phi) is 1.11. The maximum absolute atomic E-state index is 3.44. The van der Waals surface area contributed by atoms with E-state index in [9.17, 15) is 0 Å². The molecule has 0 saturated carbocycles. The third-order valence-electron chi connectivity index (χ3n) is 1.66. The Morgan fingerprint density at radius 3 is 2.25 bits per heavy atom. The molecule has 0 aromatic heterocycles. The lowest BCUT2D eigenvalue weighted by Gasteiger charge is -2.06. The second-order valence-corrected chi connectivity index (χ2v) is 4.23. The van der Waals surface area contributed by atoms with Crippen molar-refractivity contribution in [2.24, 2.45) is 0 Å². The largest absolute Gasteiger partial charge is 0.322 e. The van der Waals surface area contributed by atoms with Gasteiger partial charge in [-0.3, -0.25) is 4.57 Å². The lowest BCUT2D eigenvalue weighted by Crippen LogP contribution is -2.44. The van der Waals surface area contributed by atoms with E-state index in [0.717, 1.165) is 0 Å². The van der Waals surface area contributed by atoms with Gasteiger partial charge in [-0.1, -0.05) is 0 Å². The Labute approximate surface area is 50.9 Å². The molecule has 0 aliphatic carbocycles. The summed E-state index contributed by atoms with van der Waals surface area (Å²) in [6.07, 6.45) is 0. The summed E-state index contributed by atoms with van der Waals surface area (Å²) in [6.45, 7) is 4.92. The van der Waals surface area contributed by atoms with Gasteiger partial charge in [0.05, 0.1) is 0 Å². The zero-order valence-electron chi connectivity index (χ0n) is 4.78. The Hall–Kier alpha value is 0.0969. The monoisotopic (exact) mass is 128 g/mol. The molecule has 8 heavy (non-hydrogen) atoms. The molecule has 0 unspecified atom stereocenters. The number of fused-ring (bicyclic) bond motifs is 1. The number of nitrogens with one attached hydrogen (secondary N) is 2. The first-order chi connectivity index (χ1) is 3.97. The summed E-state index contributed by atoms with van der Waals surface area (Å²) >= 11 is 0. The fourth-order valence-corrected chi connectivity index (χ4v) is 3.18. The van der Waals surface area contributed by atoms with Gasteiger partial charge in [0.25, 0.3) is 0 Å². The molecule has 0 amide bonds. The quantitative estimate of drug-likeness (QED) is 0.388. The van der Waals surface area contributed by atoms with Crippen molar-refractivity contribution in [3.8, 4) is 0 Å². The highest BCUT2D eigenvalue weighted by atomic mass is 28.3. The van der Waals surface area contributed by atoms with Gasteiger partial charge in [-0.2, -0.15) is 0 Å². The molecule has 2 aliphatic rings. The summed E-state index contributed by atoms with van der Waals surface area (Å²) in [5, 5.41) is 0. The van der Waals surface area contributed by atoms with Gasteiger partial charge >= 0.3 is 9.28 Å². The molecule has 0 bridgehead atoms. The minimum Gasteiger partial charge on any atom is -0.311 e. The zero-order valence-corrected chi connectivity index (χ0v) is 5.78. The Bertz CT molecular complexity index is 77.3. The molecule has 3 nitrogen and oxygen atoms in total. The molecule has 2 heterocycles. The second-order valence-electron chi connectivity index (χ2n) is 2.19. The number of nitrogens with zero attached hydrogens (tertiary/aromatic N) is 1. The van der Waals surface area contributed by atoms with E-state index in [4.69, 9.17) is 0 Å². The molecule has 2 aliphatic heterocycles. The fourth-order valence-electron chi connectivity index (χ4n) is 1.24. The van der Waals surface area contributed by atoms with Crippen LogP contribution < -0.4 is 9.96 Å². The first-order valence-corrected chi connectivity index (χ1v) is 4.51. The van der Waals surface area contributed by atoms with E-state index in [-0.39, 0.29) is 9.28 Å². The maximum atomic E-state index is 3.44. The number of hydrogen-bond donors (Lipinski definition) is 2. The third-order valence-corrected chi connectivity index (χ3v) is 3.91. The van der Waals surface area contributed by atoms with Gasteiger partial charge < -0.3 is 9.96 Å². The molecule has 0 aromatic rings. The van der Waals surface area contributed by atoms with Gasteiger partial charge in [-0.25, -0.2) is 0 Å². The predicted octanol–water partition coefficient (Wildman–Crippen LogP) is -1.52. The Morgan fingerprint density at radius 1 is 1.12 bits per heavy atom. The van der Waals surface area contributed by atoms with E-state index >= 15 is 0 Å². The van der Waals surface area contributed by atoms with E-state index in [0.29, 0.717) is 0 Å². The predicted molar refractivity (Wildman–Crippen MR) is 33.3 cm³/mol. The van der Waals surface area contributed by atoms with Crippen LogP contribution in [0.5, 0.6) is 0 Å². The molecule has 45 valence electrons. The van der Waals surface area contributed by atoms with E-state index < -0.39 is 0 Å². The van der Waals surface area contributed by atoms with Crippen LogP contribution in [0.25, 0.3) is 0 Å². The first-order valence-electron chi connectivity index (χ1n) is 3.06. The molecule has 0 atom stereocenters. The van der Waals surface area contributed by atoms with Crippen LogP contribution in [-0.2, 0) is 0 Å². The van der Waals surface area contributed by atoms with Gasteiger partial charge in [-0.15, -0.1) is 0 Å². The highest BCUT2D eigenvalue weighted by molar-refractivity contribution is 6.51. The van der Waals surface area contributed by atoms with Crippen LogP contribution in [0.1, 0.15) is 0 Å². The SMILES string of the molecule is C1CN2CCN[Si]2N1. The lowest BCUT2D eigenvalue weighted by molar-refractivity contribution is 0.519. The van der Waals surface area contributed by atoms with Crippen LogP contribution in [0, 0.1) is 0 Å². The smallest absolute Gasteiger partial charge is 0.311 e. The molecule has 2 fully saturated rings. The third kappa shape index (κ3) is 0.611. The van der Waals surface area contributed by atoms with Crippen LogP contribution in [0.4, 0.5) is 0 Å². The van der Waals surface area contributed by atoms with Gasteiger partial charge in [0.15, 0.2) is 0 Å². The van der Waals surface area contributed by atoms with Gasteiger partial charge in [0.1, 0.15) is 0 Å². The minimum absolute atomic E-state index is 0.385. The van der Waals surface area contributed by atoms with Crippen molar-refractivity contribution in [2.45, 2.75) is 0 Å². The Morgan fingerprint density at radius 2 is 1.75 bits per heavy atom. The molecule has 2 N–H and O–H groups in total. The molecule has 4 heteroatoms. The summed E-state index contributed by atoms with van der Waals surface area (Å²) in [4.78, 5) is 6.87. The highest BCUT2D eigenvalue weighted by Gasteiger charge is 2.31. The highest BCUT2D eigenvalue weighted by Crippen LogP contribution is 1.99. The zero-order chi connectivity index (χ0) is 5.40. The average molecular weight is 128 g/mol. The van der Waals surface area contributed by atoms with E-state index in [1.165, 1.54) is 26.2 Å². The molecular weight excluding hydrogens is 118 g/mol. The number of hydrogen-bond acceptors (Lipinski definition) is 3. The summed E-state index contributed by atoms with van der Waals surface area (Å²) < 4.78 is 2.52.